The molecule has 6 nitrogen and oxygen atoms in total. The van der Waals surface area contributed by atoms with Crippen LogP contribution >= 0.6 is 0 Å². The Labute approximate surface area is 402 Å². The van der Waals surface area contributed by atoms with Crippen molar-refractivity contribution >= 4 is 17.9 Å². The monoisotopic (exact) mass is 909 g/mol. The Kier molecular flexibility index (Phi) is 51.3. The molecule has 0 saturated carbocycles. The summed E-state index contributed by atoms with van der Waals surface area (Å²) in [6, 6.07) is 0. The van der Waals surface area contributed by atoms with Crippen molar-refractivity contribution in [3.05, 3.63) is 60.8 Å². The molecule has 0 N–H and O–H groups in total. The van der Waals surface area contributed by atoms with Crippen LogP contribution in [0.4, 0.5) is 0 Å². The second kappa shape index (κ2) is 53.7. The lowest BCUT2D eigenvalue weighted by Gasteiger charge is -2.18. The van der Waals surface area contributed by atoms with E-state index in [0.29, 0.717) is 19.3 Å². The summed E-state index contributed by atoms with van der Waals surface area (Å²) in [5, 5.41) is 0. The van der Waals surface area contributed by atoms with Gasteiger partial charge < -0.3 is 14.2 Å². The molecule has 0 aromatic carbocycles. The lowest BCUT2D eigenvalue weighted by molar-refractivity contribution is -0.167. The molecule has 0 saturated heterocycles. The molecular formula is C59H104O6. The first kappa shape index (κ1) is 62.1. The number of carbonyl (C=O) groups is 3. The van der Waals surface area contributed by atoms with Crippen LogP contribution in [0.2, 0.25) is 0 Å². The van der Waals surface area contributed by atoms with E-state index in [1.165, 1.54) is 135 Å². The summed E-state index contributed by atoms with van der Waals surface area (Å²) < 4.78 is 16.8. The summed E-state index contributed by atoms with van der Waals surface area (Å²) in [6.45, 7) is 6.57. The fraction of sp³-hybridized carbons (Fsp3) is 0.780. The normalized spacial score (nSPS) is 12.5. The third-order valence-electron chi connectivity index (χ3n) is 12.0. The van der Waals surface area contributed by atoms with Crippen LogP contribution in [0.3, 0.4) is 0 Å². The van der Waals surface area contributed by atoms with Crippen molar-refractivity contribution in [1.29, 1.82) is 0 Å². The van der Waals surface area contributed by atoms with E-state index in [1.54, 1.807) is 0 Å². The number of carbonyl (C=O) groups excluding carboxylic acids is 3. The number of hydrogen-bond acceptors (Lipinski definition) is 6. The van der Waals surface area contributed by atoms with E-state index < -0.39 is 6.10 Å². The molecular weight excluding hydrogens is 805 g/mol. The van der Waals surface area contributed by atoms with Gasteiger partial charge in [0, 0.05) is 19.3 Å². The second-order valence-electron chi connectivity index (χ2n) is 18.5. The highest BCUT2D eigenvalue weighted by molar-refractivity contribution is 5.71. The maximum Gasteiger partial charge on any atom is 0.306 e. The van der Waals surface area contributed by atoms with Crippen LogP contribution in [0.15, 0.2) is 60.8 Å². The van der Waals surface area contributed by atoms with Crippen LogP contribution in [0, 0.1) is 0 Å². The van der Waals surface area contributed by atoms with Crippen LogP contribution in [0.1, 0.15) is 278 Å². The Bertz CT molecular complexity index is 1180. The topological polar surface area (TPSA) is 78.9 Å². The predicted octanol–water partition coefficient (Wildman–Crippen LogP) is 18.4. The molecule has 0 spiro atoms. The molecule has 65 heavy (non-hydrogen) atoms. The zero-order valence-electron chi connectivity index (χ0n) is 43.0. The predicted molar refractivity (Wildman–Crippen MR) is 279 cm³/mol. The quantitative estimate of drug-likeness (QED) is 0.0262. The van der Waals surface area contributed by atoms with Gasteiger partial charge in [0.15, 0.2) is 6.10 Å². The van der Waals surface area contributed by atoms with Crippen molar-refractivity contribution in [2.75, 3.05) is 13.2 Å². The third-order valence-corrected chi connectivity index (χ3v) is 12.0. The fourth-order valence-corrected chi connectivity index (χ4v) is 7.73. The Morgan fingerprint density at radius 3 is 0.892 bits per heavy atom. The van der Waals surface area contributed by atoms with Crippen molar-refractivity contribution in [3.63, 3.8) is 0 Å². The fourth-order valence-electron chi connectivity index (χ4n) is 7.73. The summed E-state index contributed by atoms with van der Waals surface area (Å²) in [5.74, 6) is -0.911. The molecule has 0 unspecified atom stereocenters. The summed E-state index contributed by atoms with van der Waals surface area (Å²) in [6.07, 6.45) is 66.3. The SMILES string of the molecule is CCCCC/C=C\C/C=C\CCCCCCCC(=O)OC[C@H](COC(=O)CCCCCCCCC/C=C\CCCCCCCC)OC(=O)CCCCCCC/C=C\C/C=C\CCCCC. The van der Waals surface area contributed by atoms with E-state index in [4.69, 9.17) is 14.2 Å². The van der Waals surface area contributed by atoms with Crippen molar-refractivity contribution in [1.82, 2.24) is 0 Å². The van der Waals surface area contributed by atoms with Gasteiger partial charge in [-0.05, 0) is 109 Å². The molecule has 0 aliphatic heterocycles. The summed E-state index contributed by atoms with van der Waals surface area (Å²) in [7, 11) is 0. The highest BCUT2D eigenvalue weighted by atomic mass is 16.6. The molecule has 6 heteroatoms. The molecule has 0 rings (SSSR count). The van der Waals surface area contributed by atoms with E-state index in [9.17, 15) is 14.4 Å². The highest BCUT2D eigenvalue weighted by Gasteiger charge is 2.19. The molecule has 0 aliphatic rings. The van der Waals surface area contributed by atoms with E-state index >= 15 is 0 Å². The van der Waals surface area contributed by atoms with Gasteiger partial charge >= 0.3 is 17.9 Å². The van der Waals surface area contributed by atoms with E-state index in [1.807, 2.05) is 0 Å². The summed E-state index contributed by atoms with van der Waals surface area (Å²) >= 11 is 0. The molecule has 0 bridgehead atoms. The first-order valence-corrected chi connectivity index (χ1v) is 27.8. The number of ether oxygens (including phenoxy) is 3. The van der Waals surface area contributed by atoms with Gasteiger partial charge in [0.25, 0.3) is 0 Å². The molecule has 1 atom stereocenters. The van der Waals surface area contributed by atoms with Crippen molar-refractivity contribution in [2.24, 2.45) is 0 Å². The van der Waals surface area contributed by atoms with Crippen molar-refractivity contribution in [2.45, 2.75) is 284 Å². The minimum atomic E-state index is -0.789. The minimum Gasteiger partial charge on any atom is -0.462 e. The Morgan fingerprint density at radius 2 is 0.554 bits per heavy atom. The third kappa shape index (κ3) is 51.9. The number of rotatable bonds is 50. The molecule has 0 aromatic rings. The largest absolute Gasteiger partial charge is 0.462 e. The number of allylic oxidation sites excluding steroid dienone is 10. The number of esters is 3. The van der Waals surface area contributed by atoms with Gasteiger partial charge in [0.1, 0.15) is 13.2 Å². The Morgan fingerprint density at radius 1 is 0.308 bits per heavy atom. The molecule has 0 radical (unpaired) electrons. The molecule has 376 valence electrons. The first-order chi connectivity index (χ1) is 32.0. The highest BCUT2D eigenvalue weighted by Crippen LogP contribution is 2.14. The van der Waals surface area contributed by atoms with E-state index in [-0.39, 0.29) is 31.1 Å². The van der Waals surface area contributed by atoms with E-state index in [2.05, 4.69) is 81.5 Å². The lowest BCUT2D eigenvalue weighted by Crippen LogP contribution is -2.30. The molecule has 0 aromatic heterocycles. The maximum atomic E-state index is 12.8. The van der Waals surface area contributed by atoms with Crippen LogP contribution in [0.5, 0.6) is 0 Å². The molecule has 0 aliphatic carbocycles. The van der Waals surface area contributed by atoms with Crippen LogP contribution in [-0.4, -0.2) is 37.2 Å². The second-order valence-corrected chi connectivity index (χ2v) is 18.5. The van der Waals surface area contributed by atoms with Crippen molar-refractivity contribution in [3.8, 4) is 0 Å². The number of hydrogen-bond donors (Lipinski definition) is 0. The van der Waals surface area contributed by atoms with Crippen LogP contribution < -0.4 is 0 Å². The summed E-state index contributed by atoms with van der Waals surface area (Å²) in [5.41, 5.74) is 0. The average Bonchev–Trinajstić information content (AvgIpc) is 3.30. The maximum absolute atomic E-state index is 12.8. The van der Waals surface area contributed by atoms with Crippen LogP contribution in [0.25, 0.3) is 0 Å². The smallest absolute Gasteiger partial charge is 0.306 e. The Balaban J connectivity index is 4.42. The standard InChI is InChI=1S/C59H104O6/c1-4-7-10-13-16-19-22-25-28-29-32-34-37-40-43-46-49-52-58(61)64-55-56(65-59(62)53-50-47-44-41-38-35-31-27-24-21-18-15-12-9-6-3)54-63-57(60)51-48-45-42-39-36-33-30-26-23-20-17-14-11-8-5-2/h17-18,20-21,25-28,30-31,56H,4-16,19,22-24,29,32-55H2,1-3H3/b20-17-,21-18-,28-25-,30-26-,31-27-/t56-/m1/s1. The zero-order valence-corrected chi connectivity index (χ0v) is 43.0. The van der Waals surface area contributed by atoms with Gasteiger partial charge in [-0.15, -0.1) is 0 Å². The van der Waals surface area contributed by atoms with Crippen molar-refractivity contribution < 1.29 is 28.6 Å². The molecule has 0 amide bonds. The molecule has 0 heterocycles. The number of unbranched alkanes of at least 4 members (excludes halogenated alkanes) is 29. The van der Waals surface area contributed by atoms with Gasteiger partial charge in [0.2, 0.25) is 0 Å². The first-order valence-electron chi connectivity index (χ1n) is 27.8. The van der Waals surface area contributed by atoms with Gasteiger partial charge in [-0.3, -0.25) is 14.4 Å². The van der Waals surface area contributed by atoms with E-state index in [0.717, 1.165) is 103 Å². The average molecular weight is 909 g/mol. The minimum absolute atomic E-state index is 0.0862. The summed E-state index contributed by atoms with van der Waals surface area (Å²) in [4.78, 5) is 38.1. The molecule has 0 fully saturated rings. The van der Waals surface area contributed by atoms with Gasteiger partial charge in [-0.2, -0.15) is 0 Å². The lowest BCUT2D eigenvalue weighted by atomic mass is 10.1. The Hall–Kier alpha value is -2.89. The van der Waals surface area contributed by atoms with Gasteiger partial charge in [-0.1, -0.05) is 210 Å². The van der Waals surface area contributed by atoms with Crippen LogP contribution in [-0.2, 0) is 28.6 Å². The van der Waals surface area contributed by atoms with Gasteiger partial charge in [-0.25, -0.2) is 0 Å². The zero-order chi connectivity index (χ0) is 47.2. The van der Waals surface area contributed by atoms with Gasteiger partial charge in [0.05, 0.1) is 0 Å².